The van der Waals surface area contributed by atoms with Gasteiger partial charge in [-0.25, -0.2) is 13.4 Å². The Morgan fingerprint density at radius 1 is 1.18 bits per heavy atom. The summed E-state index contributed by atoms with van der Waals surface area (Å²) in [5, 5.41) is 7.53. The van der Waals surface area contributed by atoms with Crippen LogP contribution < -0.4 is 20.1 Å². The number of hydrogen-bond donors (Lipinski definition) is 3. The standard InChI is InChI=1S/C22H24N4O4S3/c1-15(2)10-12-30-18-5-3-4-16(14-18)20(27)25-21(31)24-17-6-8-19(9-7-17)33(28,29)26-22-23-11-13-32-22/h3-9,11,13-15H,10,12H2,1-2H3,(H,23,26)(H2,24,25,27,31). The van der Waals surface area contributed by atoms with Crippen LogP contribution in [0.1, 0.15) is 30.6 Å². The minimum Gasteiger partial charge on any atom is -0.494 e. The second-order valence-electron chi connectivity index (χ2n) is 7.43. The number of anilines is 2. The van der Waals surface area contributed by atoms with Crippen molar-refractivity contribution < 1.29 is 17.9 Å². The second kappa shape index (κ2) is 11.2. The third-order valence-corrected chi connectivity index (χ3v) is 6.74. The first-order valence-corrected chi connectivity index (χ1v) is 12.9. The number of hydrogen-bond acceptors (Lipinski definition) is 7. The van der Waals surface area contributed by atoms with Crippen molar-refractivity contribution in [1.82, 2.24) is 10.3 Å². The maximum absolute atomic E-state index is 12.5. The average Bonchev–Trinajstić information content (AvgIpc) is 3.26. The van der Waals surface area contributed by atoms with E-state index in [1.54, 1.807) is 41.8 Å². The molecule has 2 aromatic carbocycles. The number of sulfonamides is 1. The van der Waals surface area contributed by atoms with E-state index >= 15 is 0 Å². The van der Waals surface area contributed by atoms with Gasteiger partial charge in [0.2, 0.25) is 0 Å². The highest BCUT2D eigenvalue weighted by Gasteiger charge is 2.15. The monoisotopic (exact) mass is 504 g/mol. The Kier molecular flexibility index (Phi) is 8.37. The van der Waals surface area contributed by atoms with Gasteiger partial charge in [0, 0.05) is 22.8 Å². The fourth-order valence-electron chi connectivity index (χ4n) is 2.64. The fourth-order valence-corrected chi connectivity index (χ4v) is 4.64. The molecule has 0 aliphatic heterocycles. The number of thiazole rings is 1. The summed E-state index contributed by atoms with van der Waals surface area (Å²) in [5.74, 6) is 0.766. The predicted octanol–water partition coefficient (Wildman–Crippen LogP) is 4.50. The summed E-state index contributed by atoms with van der Waals surface area (Å²) in [5.41, 5.74) is 0.940. The Hall–Kier alpha value is -3.02. The van der Waals surface area contributed by atoms with Gasteiger partial charge in [0.1, 0.15) is 5.75 Å². The molecule has 33 heavy (non-hydrogen) atoms. The number of rotatable bonds is 9. The summed E-state index contributed by atoms with van der Waals surface area (Å²) in [6, 6.07) is 12.8. The lowest BCUT2D eigenvalue weighted by molar-refractivity contribution is 0.0977. The van der Waals surface area contributed by atoms with Gasteiger partial charge in [0.05, 0.1) is 11.5 Å². The topological polar surface area (TPSA) is 109 Å². The van der Waals surface area contributed by atoms with Gasteiger partial charge in [-0.15, -0.1) is 11.3 Å². The number of thiocarbonyl (C=S) groups is 1. The van der Waals surface area contributed by atoms with Crippen molar-refractivity contribution in [2.45, 2.75) is 25.2 Å². The minimum absolute atomic E-state index is 0.0764. The van der Waals surface area contributed by atoms with Crippen LogP contribution in [0.25, 0.3) is 0 Å². The van der Waals surface area contributed by atoms with Gasteiger partial charge >= 0.3 is 0 Å². The van der Waals surface area contributed by atoms with Crippen LogP contribution in [0.5, 0.6) is 5.75 Å². The number of carbonyl (C=O) groups is 1. The van der Waals surface area contributed by atoms with Gasteiger partial charge in [-0.1, -0.05) is 19.9 Å². The number of carbonyl (C=O) groups excluding carboxylic acids is 1. The van der Waals surface area contributed by atoms with E-state index in [4.69, 9.17) is 17.0 Å². The summed E-state index contributed by atoms with van der Waals surface area (Å²) in [6.45, 7) is 4.81. The quantitative estimate of drug-likeness (QED) is 0.368. The lowest BCUT2D eigenvalue weighted by Gasteiger charge is -2.12. The van der Waals surface area contributed by atoms with E-state index in [1.165, 1.54) is 29.7 Å². The molecular weight excluding hydrogens is 480 g/mol. The third-order valence-electron chi connectivity index (χ3n) is 4.36. The number of nitrogens with one attached hydrogen (secondary N) is 3. The predicted molar refractivity (Wildman–Crippen MR) is 134 cm³/mol. The first-order valence-electron chi connectivity index (χ1n) is 10.1. The van der Waals surface area contributed by atoms with Crippen LogP contribution in [-0.2, 0) is 10.0 Å². The molecule has 0 aliphatic carbocycles. The number of amides is 1. The van der Waals surface area contributed by atoms with E-state index < -0.39 is 10.0 Å². The highest BCUT2D eigenvalue weighted by atomic mass is 32.2. The Morgan fingerprint density at radius 3 is 2.61 bits per heavy atom. The molecule has 0 saturated carbocycles. The van der Waals surface area contributed by atoms with Crippen molar-refractivity contribution in [2.75, 3.05) is 16.6 Å². The maximum Gasteiger partial charge on any atom is 0.263 e. The third kappa shape index (κ3) is 7.52. The van der Waals surface area contributed by atoms with E-state index in [-0.39, 0.29) is 21.0 Å². The van der Waals surface area contributed by atoms with Crippen LogP contribution in [0.2, 0.25) is 0 Å². The molecule has 8 nitrogen and oxygen atoms in total. The molecule has 0 saturated heterocycles. The molecule has 0 radical (unpaired) electrons. The molecule has 1 amide bonds. The molecule has 1 heterocycles. The lowest BCUT2D eigenvalue weighted by atomic mass is 10.1. The number of ether oxygens (including phenoxy) is 1. The molecule has 174 valence electrons. The van der Waals surface area contributed by atoms with Crippen molar-refractivity contribution in [3.8, 4) is 5.75 Å². The van der Waals surface area contributed by atoms with Crippen molar-refractivity contribution in [1.29, 1.82) is 0 Å². The smallest absolute Gasteiger partial charge is 0.263 e. The van der Waals surface area contributed by atoms with Crippen LogP contribution in [0.3, 0.4) is 0 Å². The summed E-state index contributed by atoms with van der Waals surface area (Å²) >= 11 is 6.40. The molecular formula is C22H24N4O4S3. The van der Waals surface area contributed by atoms with Gasteiger partial charge in [-0.2, -0.15) is 0 Å². The maximum atomic E-state index is 12.5. The van der Waals surface area contributed by atoms with Gasteiger partial charge in [0.15, 0.2) is 10.2 Å². The van der Waals surface area contributed by atoms with Gasteiger partial charge < -0.3 is 10.1 Å². The Labute approximate surface area is 202 Å². The molecule has 1 aromatic heterocycles. The average molecular weight is 505 g/mol. The molecule has 0 atom stereocenters. The van der Waals surface area contributed by atoms with Crippen LogP contribution in [0, 0.1) is 5.92 Å². The second-order valence-corrected chi connectivity index (χ2v) is 10.4. The largest absolute Gasteiger partial charge is 0.494 e. The molecule has 0 aliphatic rings. The molecule has 0 spiro atoms. The Morgan fingerprint density at radius 2 is 1.94 bits per heavy atom. The van der Waals surface area contributed by atoms with E-state index in [0.29, 0.717) is 29.5 Å². The molecule has 0 bridgehead atoms. The van der Waals surface area contributed by atoms with Crippen LogP contribution in [-0.4, -0.2) is 31.0 Å². The fraction of sp³-hybridized carbons (Fsp3) is 0.227. The van der Waals surface area contributed by atoms with E-state index in [0.717, 1.165) is 6.42 Å². The summed E-state index contributed by atoms with van der Waals surface area (Å²) in [7, 11) is -3.74. The van der Waals surface area contributed by atoms with Crippen LogP contribution in [0.15, 0.2) is 65.0 Å². The zero-order valence-electron chi connectivity index (χ0n) is 18.1. The van der Waals surface area contributed by atoms with Crippen molar-refractivity contribution in [3.63, 3.8) is 0 Å². The molecule has 3 aromatic rings. The lowest BCUT2D eigenvalue weighted by Crippen LogP contribution is -2.34. The first-order chi connectivity index (χ1) is 15.7. The highest BCUT2D eigenvalue weighted by molar-refractivity contribution is 7.93. The zero-order chi connectivity index (χ0) is 23.8. The van der Waals surface area contributed by atoms with Crippen molar-refractivity contribution >= 4 is 55.4 Å². The van der Waals surface area contributed by atoms with E-state index in [9.17, 15) is 13.2 Å². The van der Waals surface area contributed by atoms with E-state index in [2.05, 4.69) is 34.2 Å². The molecule has 11 heteroatoms. The van der Waals surface area contributed by atoms with Gasteiger partial charge in [-0.3, -0.25) is 14.8 Å². The summed E-state index contributed by atoms with van der Waals surface area (Å²) < 4.78 is 32.9. The van der Waals surface area contributed by atoms with Crippen LogP contribution >= 0.6 is 23.6 Å². The number of benzene rings is 2. The Bertz CT molecular complexity index is 1190. The van der Waals surface area contributed by atoms with Crippen molar-refractivity contribution in [2.24, 2.45) is 5.92 Å². The molecule has 0 unspecified atom stereocenters. The van der Waals surface area contributed by atoms with E-state index in [1.807, 2.05) is 0 Å². The van der Waals surface area contributed by atoms with Crippen molar-refractivity contribution in [3.05, 3.63) is 65.7 Å². The first kappa shape index (κ1) is 24.6. The SMILES string of the molecule is CC(C)CCOc1cccc(C(=O)NC(=S)Nc2ccc(S(=O)(=O)Nc3nccs3)cc2)c1. The highest BCUT2D eigenvalue weighted by Crippen LogP contribution is 2.20. The Balaban J connectivity index is 1.55. The number of aromatic nitrogens is 1. The summed E-state index contributed by atoms with van der Waals surface area (Å²) in [6.07, 6.45) is 2.44. The zero-order valence-corrected chi connectivity index (χ0v) is 20.5. The van der Waals surface area contributed by atoms with Gasteiger partial charge in [0.25, 0.3) is 15.9 Å². The normalized spacial score (nSPS) is 11.1. The molecule has 0 fully saturated rings. The molecule has 3 rings (SSSR count). The van der Waals surface area contributed by atoms with Crippen LogP contribution in [0.4, 0.5) is 10.8 Å². The number of nitrogens with zero attached hydrogens (tertiary/aromatic N) is 1. The minimum atomic E-state index is -3.74. The molecule has 3 N–H and O–H groups in total. The van der Waals surface area contributed by atoms with Gasteiger partial charge in [-0.05, 0) is 67.0 Å². The summed E-state index contributed by atoms with van der Waals surface area (Å²) in [4.78, 5) is 16.5.